The summed E-state index contributed by atoms with van der Waals surface area (Å²) in [5.41, 5.74) is 0.624. The highest BCUT2D eigenvalue weighted by atomic mass is 16.3. The second kappa shape index (κ2) is 4.01. The minimum absolute atomic E-state index is 0.0808. The lowest BCUT2D eigenvalue weighted by Gasteiger charge is -2.32. The van der Waals surface area contributed by atoms with E-state index in [9.17, 15) is 14.7 Å². The van der Waals surface area contributed by atoms with Crippen LogP contribution in [0.2, 0.25) is 0 Å². The Morgan fingerprint density at radius 3 is 2.72 bits per heavy atom. The second-order valence-electron chi connectivity index (χ2n) is 4.79. The SMILES string of the molecule is O=C1CN(C2CC2)C(=O)C(c2cccc(O)c2)N1. The van der Waals surface area contributed by atoms with Gasteiger partial charge in [-0.05, 0) is 30.5 Å². The van der Waals surface area contributed by atoms with Crippen LogP contribution in [0.15, 0.2) is 24.3 Å². The van der Waals surface area contributed by atoms with E-state index in [1.54, 1.807) is 17.0 Å². The van der Waals surface area contributed by atoms with Crippen LogP contribution in [0, 0.1) is 0 Å². The van der Waals surface area contributed by atoms with Crippen LogP contribution < -0.4 is 5.32 Å². The number of nitrogens with zero attached hydrogens (tertiary/aromatic N) is 1. The number of hydrogen-bond donors (Lipinski definition) is 2. The maximum absolute atomic E-state index is 12.3. The summed E-state index contributed by atoms with van der Waals surface area (Å²) in [6, 6.07) is 6.01. The molecule has 1 aromatic rings. The highest BCUT2D eigenvalue weighted by Gasteiger charge is 2.41. The quantitative estimate of drug-likeness (QED) is 0.800. The molecule has 1 aliphatic heterocycles. The van der Waals surface area contributed by atoms with Gasteiger partial charge in [0.05, 0.1) is 6.54 Å². The van der Waals surface area contributed by atoms with Gasteiger partial charge in [0.1, 0.15) is 11.8 Å². The van der Waals surface area contributed by atoms with Crippen molar-refractivity contribution in [2.75, 3.05) is 6.54 Å². The molecule has 1 aromatic carbocycles. The third kappa shape index (κ3) is 1.92. The standard InChI is InChI=1S/C13H14N2O3/c16-10-3-1-2-8(6-10)12-13(18)15(9-4-5-9)7-11(17)14-12/h1-3,6,9,12,16H,4-5,7H2,(H,14,17). The molecule has 3 rings (SSSR count). The third-order valence-corrected chi connectivity index (χ3v) is 3.34. The van der Waals surface area contributed by atoms with Crippen molar-refractivity contribution in [1.82, 2.24) is 10.2 Å². The van der Waals surface area contributed by atoms with Gasteiger partial charge < -0.3 is 15.3 Å². The molecule has 2 aliphatic rings. The first-order valence-corrected chi connectivity index (χ1v) is 6.04. The van der Waals surface area contributed by atoms with E-state index < -0.39 is 6.04 Å². The number of carbonyl (C=O) groups is 2. The van der Waals surface area contributed by atoms with Gasteiger partial charge in [-0.15, -0.1) is 0 Å². The highest BCUT2D eigenvalue weighted by molar-refractivity contribution is 5.95. The van der Waals surface area contributed by atoms with E-state index in [-0.39, 0.29) is 30.2 Å². The van der Waals surface area contributed by atoms with Crippen LogP contribution >= 0.6 is 0 Å². The van der Waals surface area contributed by atoms with Crippen molar-refractivity contribution >= 4 is 11.8 Å². The summed E-state index contributed by atoms with van der Waals surface area (Å²) in [5.74, 6) is -0.129. The molecule has 1 saturated carbocycles. The van der Waals surface area contributed by atoms with Crippen molar-refractivity contribution in [1.29, 1.82) is 0 Å². The smallest absolute Gasteiger partial charge is 0.250 e. The summed E-state index contributed by atoms with van der Waals surface area (Å²) in [4.78, 5) is 25.6. The number of aromatic hydroxyl groups is 1. The first-order valence-electron chi connectivity index (χ1n) is 6.04. The maximum Gasteiger partial charge on any atom is 0.250 e. The Hall–Kier alpha value is -2.04. The van der Waals surface area contributed by atoms with Gasteiger partial charge in [0.2, 0.25) is 5.91 Å². The summed E-state index contributed by atoms with van der Waals surface area (Å²) < 4.78 is 0. The van der Waals surface area contributed by atoms with Crippen molar-refractivity contribution < 1.29 is 14.7 Å². The Kier molecular flexibility index (Phi) is 2.47. The molecule has 1 aliphatic carbocycles. The maximum atomic E-state index is 12.3. The van der Waals surface area contributed by atoms with Crippen molar-refractivity contribution in [3.05, 3.63) is 29.8 Å². The van der Waals surface area contributed by atoms with Crippen LogP contribution in [-0.2, 0) is 9.59 Å². The van der Waals surface area contributed by atoms with E-state index in [2.05, 4.69) is 5.32 Å². The molecule has 1 heterocycles. The molecule has 2 N–H and O–H groups in total. The zero-order chi connectivity index (χ0) is 12.7. The Morgan fingerprint density at radius 2 is 2.06 bits per heavy atom. The first kappa shape index (κ1) is 11.1. The van der Waals surface area contributed by atoms with Gasteiger partial charge in [-0.25, -0.2) is 0 Å². The number of hydrogen-bond acceptors (Lipinski definition) is 3. The fourth-order valence-corrected chi connectivity index (χ4v) is 2.29. The molecule has 5 nitrogen and oxygen atoms in total. The molecule has 2 amide bonds. The lowest BCUT2D eigenvalue weighted by atomic mass is 10.0. The number of amides is 2. The Balaban J connectivity index is 1.90. The molecule has 18 heavy (non-hydrogen) atoms. The lowest BCUT2D eigenvalue weighted by Crippen LogP contribution is -2.54. The molecule has 2 fully saturated rings. The van der Waals surface area contributed by atoms with Crippen LogP contribution in [0.4, 0.5) is 0 Å². The number of phenols is 1. The van der Waals surface area contributed by atoms with Crippen molar-refractivity contribution in [2.24, 2.45) is 0 Å². The number of nitrogens with one attached hydrogen (secondary N) is 1. The Labute approximate surface area is 104 Å². The third-order valence-electron chi connectivity index (χ3n) is 3.34. The van der Waals surface area contributed by atoms with E-state index in [1.807, 2.05) is 0 Å². The predicted octanol–water partition coefficient (Wildman–Crippen LogP) is 0.554. The molecule has 1 atom stereocenters. The predicted molar refractivity (Wildman–Crippen MR) is 63.7 cm³/mol. The highest BCUT2D eigenvalue weighted by Crippen LogP contribution is 2.31. The normalized spacial score (nSPS) is 24.0. The van der Waals surface area contributed by atoms with Crippen LogP contribution in [-0.4, -0.2) is 34.4 Å². The topological polar surface area (TPSA) is 69.6 Å². The molecule has 0 bridgehead atoms. The van der Waals surface area contributed by atoms with Crippen molar-refractivity contribution in [2.45, 2.75) is 24.9 Å². The van der Waals surface area contributed by atoms with Gasteiger partial charge in [0, 0.05) is 6.04 Å². The molecular weight excluding hydrogens is 232 g/mol. The van der Waals surface area contributed by atoms with Crippen LogP contribution in [0.25, 0.3) is 0 Å². The number of benzene rings is 1. The van der Waals surface area contributed by atoms with Gasteiger partial charge in [0.25, 0.3) is 5.91 Å². The second-order valence-corrected chi connectivity index (χ2v) is 4.79. The molecule has 1 unspecified atom stereocenters. The van der Waals surface area contributed by atoms with Crippen LogP contribution in [0.5, 0.6) is 5.75 Å². The molecular formula is C13H14N2O3. The number of phenolic OH excluding ortho intramolecular Hbond substituents is 1. The fraction of sp³-hybridized carbons (Fsp3) is 0.385. The fourth-order valence-electron chi connectivity index (χ4n) is 2.29. The molecule has 1 saturated heterocycles. The number of carbonyl (C=O) groups excluding carboxylic acids is 2. The van der Waals surface area contributed by atoms with Gasteiger partial charge >= 0.3 is 0 Å². The Morgan fingerprint density at radius 1 is 1.28 bits per heavy atom. The minimum Gasteiger partial charge on any atom is -0.508 e. The molecule has 94 valence electrons. The largest absolute Gasteiger partial charge is 0.508 e. The molecule has 5 heteroatoms. The van der Waals surface area contributed by atoms with Gasteiger partial charge in [-0.2, -0.15) is 0 Å². The van der Waals surface area contributed by atoms with Gasteiger partial charge in [0.15, 0.2) is 0 Å². The van der Waals surface area contributed by atoms with Gasteiger partial charge in [-0.3, -0.25) is 9.59 Å². The summed E-state index contributed by atoms with van der Waals surface area (Å²) in [6.45, 7) is 0.152. The number of rotatable bonds is 2. The average molecular weight is 246 g/mol. The van der Waals surface area contributed by atoms with E-state index in [0.717, 1.165) is 12.8 Å². The van der Waals surface area contributed by atoms with Crippen molar-refractivity contribution in [3.8, 4) is 5.75 Å². The summed E-state index contributed by atoms with van der Waals surface area (Å²) in [5, 5.41) is 12.1. The summed E-state index contributed by atoms with van der Waals surface area (Å²) >= 11 is 0. The lowest BCUT2D eigenvalue weighted by molar-refractivity contribution is -0.145. The van der Waals surface area contributed by atoms with E-state index in [0.29, 0.717) is 5.56 Å². The molecule has 0 spiro atoms. The minimum atomic E-state index is -0.668. The zero-order valence-corrected chi connectivity index (χ0v) is 9.80. The summed E-state index contributed by atoms with van der Waals surface area (Å²) in [7, 11) is 0. The summed E-state index contributed by atoms with van der Waals surface area (Å²) in [6.07, 6.45) is 1.96. The van der Waals surface area contributed by atoms with Crippen molar-refractivity contribution in [3.63, 3.8) is 0 Å². The Bertz CT molecular complexity index is 511. The van der Waals surface area contributed by atoms with E-state index in [4.69, 9.17) is 0 Å². The van der Waals surface area contributed by atoms with E-state index in [1.165, 1.54) is 12.1 Å². The monoisotopic (exact) mass is 246 g/mol. The zero-order valence-electron chi connectivity index (χ0n) is 9.80. The van der Waals surface area contributed by atoms with Gasteiger partial charge in [-0.1, -0.05) is 12.1 Å². The van der Waals surface area contributed by atoms with Crippen LogP contribution in [0.3, 0.4) is 0 Å². The molecule has 0 radical (unpaired) electrons. The first-order chi connectivity index (χ1) is 8.65. The molecule has 0 aromatic heterocycles. The van der Waals surface area contributed by atoms with Crippen LogP contribution in [0.1, 0.15) is 24.4 Å². The van der Waals surface area contributed by atoms with E-state index >= 15 is 0 Å². The number of piperazine rings is 1. The average Bonchev–Trinajstić information content (AvgIpc) is 3.16.